The van der Waals surface area contributed by atoms with Gasteiger partial charge in [-0.3, -0.25) is 0 Å². The Hall–Kier alpha value is 1.38. The molecule has 0 saturated heterocycles. The molecular weight excluding hydrogens is 518 g/mol. The van der Waals surface area contributed by atoms with Crippen molar-refractivity contribution in [2.24, 2.45) is 0 Å². The molecule has 0 rings (SSSR count). The zero-order valence-corrected chi connectivity index (χ0v) is 25.5. The second-order valence-corrected chi connectivity index (χ2v) is 37.9. The molecule has 0 aromatic heterocycles. The zero-order valence-electron chi connectivity index (χ0n) is 17.8. The van der Waals surface area contributed by atoms with Crippen molar-refractivity contribution in [1.29, 1.82) is 0 Å². The van der Waals surface area contributed by atoms with E-state index in [1.807, 2.05) is 78.6 Å². The molecule has 0 aromatic rings. The van der Waals surface area contributed by atoms with Gasteiger partial charge in [-0.1, -0.05) is 0 Å². The molecule has 0 aliphatic rings. The van der Waals surface area contributed by atoms with Crippen LogP contribution in [0.15, 0.2) is 0 Å². The minimum absolute atomic E-state index is 1.88. The second-order valence-electron chi connectivity index (χ2n) is 9.79. The standard InChI is InChI=1S/C12H36As2O7Si4/c1-22(2,3)18-13(15,19-23(4,5)6)17-14(16,20-24(7,8)9)21-25(10,11)12/h1-12H3. The molecule has 0 unspecified atom stereocenters. The van der Waals surface area contributed by atoms with E-state index in [1.165, 1.54) is 0 Å². The maximum atomic E-state index is 13.4. The van der Waals surface area contributed by atoms with Crippen molar-refractivity contribution < 1.29 is 23.9 Å². The predicted octanol–water partition coefficient (Wildman–Crippen LogP) is 4.14. The van der Waals surface area contributed by atoms with Gasteiger partial charge in [-0.2, -0.15) is 0 Å². The van der Waals surface area contributed by atoms with Crippen LogP contribution in [0.4, 0.5) is 0 Å². The quantitative estimate of drug-likeness (QED) is 0.376. The fourth-order valence-electron chi connectivity index (χ4n) is 1.57. The van der Waals surface area contributed by atoms with E-state index in [0.29, 0.717) is 0 Å². The topological polar surface area (TPSA) is 80.3 Å². The van der Waals surface area contributed by atoms with Crippen LogP contribution in [0.25, 0.3) is 0 Å². The van der Waals surface area contributed by atoms with Gasteiger partial charge in [0.05, 0.1) is 0 Å². The van der Waals surface area contributed by atoms with Crippen LogP contribution >= 0.6 is 0 Å². The Bertz CT molecular complexity index is 456. The molecule has 152 valence electrons. The Balaban J connectivity index is 5.89. The molecular formula is C12H36As2O7Si4. The van der Waals surface area contributed by atoms with E-state index in [2.05, 4.69) is 0 Å². The summed E-state index contributed by atoms with van der Waals surface area (Å²) < 4.78 is 55.6. The molecule has 0 aliphatic carbocycles. The van der Waals surface area contributed by atoms with Crippen molar-refractivity contribution in [3.05, 3.63) is 0 Å². The molecule has 7 nitrogen and oxygen atoms in total. The van der Waals surface area contributed by atoms with Crippen LogP contribution in [-0.2, 0) is 23.9 Å². The maximum absolute atomic E-state index is 13.4. The molecule has 0 saturated carbocycles. The van der Waals surface area contributed by atoms with E-state index < -0.39 is 62.3 Å². The molecule has 0 fully saturated rings. The van der Waals surface area contributed by atoms with E-state index in [9.17, 15) is 7.48 Å². The summed E-state index contributed by atoms with van der Waals surface area (Å²) in [5, 5.41) is 0. The number of hydrogen-bond acceptors (Lipinski definition) is 7. The summed E-state index contributed by atoms with van der Waals surface area (Å²) in [4.78, 5) is 0. The molecule has 0 aromatic carbocycles. The summed E-state index contributed by atoms with van der Waals surface area (Å²) in [5.41, 5.74) is 0. The summed E-state index contributed by atoms with van der Waals surface area (Å²) in [6.07, 6.45) is 0. The first kappa shape index (κ1) is 26.4. The molecule has 0 atom stereocenters. The van der Waals surface area contributed by atoms with E-state index in [0.717, 1.165) is 0 Å². The molecule has 13 heteroatoms. The average molecular weight is 555 g/mol. The van der Waals surface area contributed by atoms with Gasteiger partial charge in [0.1, 0.15) is 0 Å². The van der Waals surface area contributed by atoms with Gasteiger partial charge >= 0.3 is 165 Å². The van der Waals surface area contributed by atoms with Crippen molar-refractivity contribution in [3.8, 4) is 0 Å². The number of hydrogen-bond donors (Lipinski definition) is 0. The van der Waals surface area contributed by atoms with Gasteiger partial charge in [0.15, 0.2) is 0 Å². The third-order valence-corrected chi connectivity index (χ3v) is 29.4. The van der Waals surface area contributed by atoms with Gasteiger partial charge in [0.25, 0.3) is 0 Å². The van der Waals surface area contributed by atoms with Crippen LogP contribution in [0.3, 0.4) is 0 Å². The fraction of sp³-hybridized carbons (Fsp3) is 1.00. The zero-order chi connectivity index (χ0) is 20.5. The van der Waals surface area contributed by atoms with Crippen LogP contribution < -0.4 is 0 Å². The van der Waals surface area contributed by atoms with Crippen molar-refractivity contribution >= 4 is 62.3 Å². The molecule has 0 amide bonds. The van der Waals surface area contributed by atoms with E-state index in [4.69, 9.17) is 16.4 Å². The summed E-state index contributed by atoms with van der Waals surface area (Å²) in [6, 6.07) is 0. The summed E-state index contributed by atoms with van der Waals surface area (Å²) in [5.74, 6) is 0. The third-order valence-electron chi connectivity index (χ3n) is 1.74. The average Bonchev–Trinajstić information content (AvgIpc) is 1.97. The molecule has 0 heterocycles. The first-order chi connectivity index (χ1) is 10.5. The molecule has 0 radical (unpaired) electrons. The van der Waals surface area contributed by atoms with Gasteiger partial charge in [0, 0.05) is 0 Å². The Kier molecular flexibility index (Phi) is 8.87. The van der Waals surface area contributed by atoms with E-state index >= 15 is 0 Å². The van der Waals surface area contributed by atoms with Crippen molar-refractivity contribution in [2.75, 3.05) is 0 Å². The van der Waals surface area contributed by atoms with Gasteiger partial charge < -0.3 is 0 Å². The normalized spacial score (nSPS) is 15.5. The Labute approximate surface area is 164 Å². The summed E-state index contributed by atoms with van der Waals surface area (Å²) in [7, 11) is -9.09. The van der Waals surface area contributed by atoms with Gasteiger partial charge in [-0.25, -0.2) is 0 Å². The van der Waals surface area contributed by atoms with Crippen LogP contribution in [0, 0.1) is 0 Å². The Morgan fingerprint density at radius 3 is 0.720 bits per heavy atom. The van der Waals surface area contributed by atoms with Crippen LogP contribution in [-0.4, -0.2) is 62.3 Å². The monoisotopic (exact) mass is 554 g/mol. The molecule has 0 spiro atoms. The molecule has 0 aliphatic heterocycles. The molecule has 0 N–H and O–H groups in total. The van der Waals surface area contributed by atoms with Crippen molar-refractivity contribution in [1.82, 2.24) is 0 Å². The van der Waals surface area contributed by atoms with Crippen molar-refractivity contribution in [2.45, 2.75) is 78.6 Å². The number of rotatable bonds is 10. The second kappa shape index (κ2) is 8.40. The first-order valence-corrected chi connectivity index (χ1v) is 28.0. The van der Waals surface area contributed by atoms with Gasteiger partial charge in [0.2, 0.25) is 0 Å². The van der Waals surface area contributed by atoms with Gasteiger partial charge in [-0.05, 0) is 0 Å². The van der Waals surface area contributed by atoms with E-state index in [-0.39, 0.29) is 0 Å². The fourth-order valence-corrected chi connectivity index (χ4v) is 31.4. The van der Waals surface area contributed by atoms with Crippen LogP contribution in [0.1, 0.15) is 0 Å². The summed E-state index contributed by atoms with van der Waals surface area (Å²) in [6.45, 7) is 22.6. The van der Waals surface area contributed by atoms with Gasteiger partial charge in [-0.15, -0.1) is 0 Å². The van der Waals surface area contributed by atoms with Crippen LogP contribution in [0.2, 0.25) is 78.6 Å². The van der Waals surface area contributed by atoms with Crippen LogP contribution in [0.5, 0.6) is 0 Å². The van der Waals surface area contributed by atoms with Crippen molar-refractivity contribution in [3.63, 3.8) is 0 Å². The summed E-state index contributed by atoms with van der Waals surface area (Å²) >= 11 is -9.68. The SMILES string of the molecule is C[Si](C)(C)O[As](=O)(O[Si](C)(C)C)O[As](=O)(O[Si](C)(C)C)O[Si](C)(C)C. The third kappa shape index (κ3) is 14.1. The minimum atomic E-state index is -4.84. The first-order valence-electron chi connectivity index (χ1n) is 8.28. The Morgan fingerprint density at radius 1 is 0.440 bits per heavy atom. The predicted molar refractivity (Wildman–Crippen MR) is 112 cm³/mol. The Morgan fingerprint density at radius 2 is 0.600 bits per heavy atom. The molecule has 25 heavy (non-hydrogen) atoms. The molecule has 0 bridgehead atoms. The van der Waals surface area contributed by atoms with E-state index in [1.54, 1.807) is 0 Å².